The molecule has 0 saturated carbocycles. The Labute approximate surface area is 182 Å². The average molecular weight is 446 g/mol. The molecule has 2 fully saturated rings. The van der Waals surface area contributed by atoms with Crippen molar-refractivity contribution in [1.82, 2.24) is 29.7 Å². The van der Waals surface area contributed by atoms with Gasteiger partial charge in [0.15, 0.2) is 9.84 Å². The molecule has 2 aromatic rings. The predicted molar refractivity (Wildman–Crippen MR) is 115 cm³/mol. The molecule has 0 aromatic carbocycles. The summed E-state index contributed by atoms with van der Waals surface area (Å²) in [6.07, 6.45) is 8.39. The van der Waals surface area contributed by atoms with Crippen molar-refractivity contribution < 1.29 is 13.2 Å². The van der Waals surface area contributed by atoms with Crippen molar-refractivity contribution in [3.63, 3.8) is 0 Å². The second-order valence-electron chi connectivity index (χ2n) is 8.14. The molecule has 11 heteroatoms. The van der Waals surface area contributed by atoms with Crippen LogP contribution in [0.3, 0.4) is 0 Å². The van der Waals surface area contributed by atoms with Crippen LogP contribution in [0.15, 0.2) is 29.7 Å². The van der Waals surface area contributed by atoms with Gasteiger partial charge in [-0.25, -0.2) is 23.4 Å². The first kappa shape index (κ1) is 21.6. The Balaban J connectivity index is 1.54. The summed E-state index contributed by atoms with van der Waals surface area (Å²) in [6.45, 7) is 4.46. The monoisotopic (exact) mass is 445 g/mol. The van der Waals surface area contributed by atoms with Gasteiger partial charge < -0.3 is 14.7 Å². The van der Waals surface area contributed by atoms with Gasteiger partial charge in [0.05, 0.1) is 18.1 Å². The van der Waals surface area contributed by atoms with E-state index in [1.54, 1.807) is 4.90 Å². The number of likely N-dealkylation sites (N-methyl/N-ethyl adjacent to an activating group) is 1. The van der Waals surface area contributed by atoms with E-state index in [1.807, 2.05) is 0 Å². The number of aromatic nitrogens is 4. The number of sulfone groups is 1. The van der Waals surface area contributed by atoms with E-state index in [0.717, 1.165) is 26.2 Å². The van der Waals surface area contributed by atoms with Gasteiger partial charge in [0.25, 0.3) is 5.91 Å². The highest BCUT2D eigenvalue weighted by atomic mass is 32.2. The van der Waals surface area contributed by atoms with Crippen molar-refractivity contribution in [1.29, 1.82) is 0 Å². The van der Waals surface area contributed by atoms with Crippen LogP contribution in [0.1, 0.15) is 34.9 Å². The smallest absolute Gasteiger partial charge is 0.274 e. The van der Waals surface area contributed by atoms with Gasteiger partial charge in [0.1, 0.15) is 10.6 Å². The lowest BCUT2D eigenvalue weighted by Crippen LogP contribution is -2.45. The van der Waals surface area contributed by atoms with Crippen LogP contribution in [0, 0.1) is 0 Å². The molecular weight excluding hydrogens is 418 g/mol. The number of piperazine rings is 1. The first-order chi connectivity index (χ1) is 14.8. The number of hydrogen-bond acceptors (Lipinski definition) is 9. The van der Waals surface area contributed by atoms with Gasteiger partial charge in [-0.05, 0) is 19.9 Å². The van der Waals surface area contributed by atoms with Crippen LogP contribution in [-0.2, 0) is 9.84 Å². The highest BCUT2D eigenvalue weighted by Crippen LogP contribution is 2.32. The normalized spacial score (nSPS) is 18.9. The number of hydrogen-bond donors (Lipinski definition) is 0. The Kier molecular flexibility index (Phi) is 6.15. The molecule has 4 rings (SSSR count). The maximum absolute atomic E-state index is 12.6. The first-order valence-electron chi connectivity index (χ1n) is 10.4. The molecule has 4 heterocycles. The molecule has 31 heavy (non-hydrogen) atoms. The third kappa shape index (κ3) is 4.82. The SMILES string of the molecule is CN1CCN(c2ncc(S(C)(=O)=O)c(C3CCN(C(=O)c4cnccn4)CC3)n2)CC1. The van der Waals surface area contributed by atoms with Crippen LogP contribution in [0.2, 0.25) is 0 Å². The summed E-state index contributed by atoms with van der Waals surface area (Å²) in [5.74, 6) is 0.370. The molecule has 0 spiro atoms. The molecule has 2 aliphatic heterocycles. The lowest BCUT2D eigenvalue weighted by Gasteiger charge is -2.34. The van der Waals surface area contributed by atoms with Gasteiger partial charge in [-0.3, -0.25) is 9.78 Å². The van der Waals surface area contributed by atoms with Crippen LogP contribution in [0.25, 0.3) is 0 Å². The standard InChI is InChI=1S/C20H27N7O3S/c1-25-9-11-27(12-10-25)20-23-14-17(31(2,29)30)18(24-20)15-3-7-26(8-4-15)19(28)16-13-21-5-6-22-16/h5-6,13-15H,3-4,7-12H2,1-2H3. The maximum atomic E-state index is 12.6. The summed E-state index contributed by atoms with van der Waals surface area (Å²) in [7, 11) is -1.39. The average Bonchev–Trinajstić information content (AvgIpc) is 2.79. The second-order valence-corrected chi connectivity index (χ2v) is 10.1. The lowest BCUT2D eigenvalue weighted by molar-refractivity contribution is 0.0705. The van der Waals surface area contributed by atoms with Crippen LogP contribution < -0.4 is 4.90 Å². The molecule has 0 bridgehead atoms. The lowest BCUT2D eigenvalue weighted by atomic mass is 9.93. The van der Waals surface area contributed by atoms with Crippen molar-refractivity contribution in [2.45, 2.75) is 23.7 Å². The molecule has 1 amide bonds. The number of carbonyl (C=O) groups is 1. The minimum absolute atomic E-state index is 0.0511. The summed E-state index contributed by atoms with van der Waals surface area (Å²) in [6, 6.07) is 0. The molecule has 2 aliphatic rings. The summed E-state index contributed by atoms with van der Waals surface area (Å²) in [4.78, 5) is 36.1. The van der Waals surface area contributed by atoms with Crippen LogP contribution in [0.5, 0.6) is 0 Å². The Bertz CT molecular complexity index is 1030. The molecule has 0 aliphatic carbocycles. The summed E-state index contributed by atoms with van der Waals surface area (Å²) >= 11 is 0. The number of piperidine rings is 1. The molecule has 0 atom stereocenters. The van der Waals surface area contributed by atoms with Gasteiger partial charge >= 0.3 is 0 Å². The van der Waals surface area contributed by atoms with E-state index >= 15 is 0 Å². The Hall–Kier alpha value is -2.66. The fourth-order valence-corrected chi connectivity index (χ4v) is 4.88. The maximum Gasteiger partial charge on any atom is 0.274 e. The van der Waals surface area contributed by atoms with E-state index in [1.165, 1.54) is 31.0 Å². The van der Waals surface area contributed by atoms with Gasteiger partial charge in [-0.2, -0.15) is 0 Å². The summed E-state index contributed by atoms with van der Waals surface area (Å²) in [5, 5.41) is 0. The summed E-state index contributed by atoms with van der Waals surface area (Å²) < 4.78 is 24.8. The molecule has 0 N–H and O–H groups in total. The van der Waals surface area contributed by atoms with Crippen molar-refractivity contribution in [3.8, 4) is 0 Å². The molecule has 0 unspecified atom stereocenters. The number of amides is 1. The Morgan fingerprint density at radius 2 is 1.71 bits per heavy atom. The minimum Gasteiger partial charge on any atom is -0.338 e. The molecule has 0 radical (unpaired) electrons. The van der Waals surface area contributed by atoms with Gasteiger partial charge in [-0.15, -0.1) is 0 Å². The topological polar surface area (TPSA) is 112 Å². The molecule has 2 saturated heterocycles. The van der Waals surface area contributed by atoms with Crippen molar-refractivity contribution >= 4 is 21.7 Å². The van der Waals surface area contributed by atoms with E-state index in [4.69, 9.17) is 4.98 Å². The fraction of sp³-hybridized carbons (Fsp3) is 0.550. The third-order valence-corrected chi connectivity index (χ3v) is 7.02. The molecule has 166 valence electrons. The highest BCUT2D eigenvalue weighted by molar-refractivity contribution is 7.90. The predicted octanol–water partition coefficient (Wildman–Crippen LogP) is 0.442. The summed E-state index contributed by atoms with van der Waals surface area (Å²) in [5.41, 5.74) is 0.884. The van der Waals surface area contributed by atoms with Crippen molar-refractivity contribution in [3.05, 3.63) is 36.2 Å². The number of rotatable bonds is 4. The van der Waals surface area contributed by atoms with Crippen LogP contribution in [0.4, 0.5) is 5.95 Å². The fourth-order valence-electron chi connectivity index (χ4n) is 4.04. The number of carbonyl (C=O) groups excluding carboxylic acids is 1. The molecular formula is C20H27N7O3S. The Morgan fingerprint density at radius 3 is 2.32 bits per heavy atom. The van der Waals surface area contributed by atoms with E-state index in [9.17, 15) is 13.2 Å². The number of anilines is 1. The van der Waals surface area contributed by atoms with E-state index in [0.29, 0.717) is 43.3 Å². The van der Waals surface area contributed by atoms with Gasteiger partial charge in [0.2, 0.25) is 5.95 Å². The Morgan fingerprint density at radius 1 is 1.00 bits per heavy atom. The largest absolute Gasteiger partial charge is 0.338 e. The van der Waals surface area contributed by atoms with Gasteiger partial charge in [-0.1, -0.05) is 0 Å². The van der Waals surface area contributed by atoms with E-state index in [-0.39, 0.29) is 16.7 Å². The quantitative estimate of drug-likeness (QED) is 0.661. The zero-order chi connectivity index (χ0) is 22.0. The molecule has 2 aromatic heterocycles. The second kappa shape index (κ2) is 8.83. The third-order valence-electron chi connectivity index (χ3n) is 5.91. The van der Waals surface area contributed by atoms with Gasteiger partial charge in [0, 0.05) is 63.8 Å². The van der Waals surface area contributed by atoms with E-state index < -0.39 is 9.84 Å². The number of nitrogens with zero attached hydrogens (tertiary/aromatic N) is 7. The highest BCUT2D eigenvalue weighted by Gasteiger charge is 2.30. The van der Waals surface area contributed by atoms with E-state index in [2.05, 4.69) is 31.8 Å². The van der Waals surface area contributed by atoms with Crippen LogP contribution in [-0.4, -0.2) is 96.6 Å². The van der Waals surface area contributed by atoms with Crippen molar-refractivity contribution in [2.24, 2.45) is 0 Å². The minimum atomic E-state index is -3.46. The van der Waals surface area contributed by atoms with Crippen molar-refractivity contribution in [2.75, 3.05) is 57.5 Å². The number of likely N-dealkylation sites (tertiary alicyclic amines) is 1. The zero-order valence-electron chi connectivity index (χ0n) is 17.8. The molecule has 10 nitrogen and oxygen atoms in total. The van der Waals surface area contributed by atoms with Crippen LogP contribution >= 0.6 is 0 Å². The zero-order valence-corrected chi connectivity index (χ0v) is 18.6. The first-order valence-corrected chi connectivity index (χ1v) is 12.3.